The Morgan fingerprint density at radius 3 is 2.78 bits per heavy atom. The maximum absolute atomic E-state index is 11.7. The number of carbonyl (C=O) groups is 1. The zero-order valence-electron chi connectivity index (χ0n) is 10.9. The van der Waals surface area contributed by atoms with Crippen LogP contribution in [0.1, 0.15) is 11.1 Å². The summed E-state index contributed by atoms with van der Waals surface area (Å²) in [4.78, 5) is 13.5. The Morgan fingerprint density at radius 2 is 2.17 bits per heavy atom. The minimum Gasteiger partial charge on any atom is -0.384 e. The lowest BCUT2D eigenvalue weighted by atomic mass is 10.1. The average molecular weight is 246 g/mol. The van der Waals surface area contributed by atoms with E-state index in [4.69, 9.17) is 5.11 Å². The van der Waals surface area contributed by atoms with Crippen molar-refractivity contribution in [2.24, 2.45) is 0 Å². The first-order valence-corrected chi connectivity index (χ1v) is 5.68. The van der Waals surface area contributed by atoms with Gasteiger partial charge in [0, 0.05) is 5.56 Å². The second-order valence-electron chi connectivity index (χ2n) is 4.29. The van der Waals surface area contributed by atoms with Crippen LogP contribution in [0, 0.1) is 18.8 Å². The number of nitrogens with one attached hydrogen (secondary N) is 1. The first-order valence-electron chi connectivity index (χ1n) is 5.68. The molecule has 4 heteroatoms. The number of benzene rings is 1. The summed E-state index contributed by atoms with van der Waals surface area (Å²) in [6, 6.07) is 5.62. The Morgan fingerprint density at radius 1 is 1.44 bits per heavy atom. The lowest BCUT2D eigenvalue weighted by Gasteiger charge is -2.11. The molecule has 0 aliphatic rings. The van der Waals surface area contributed by atoms with Gasteiger partial charge in [0.1, 0.15) is 6.61 Å². The van der Waals surface area contributed by atoms with Crippen LogP contribution in [0.25, 0.3) is 0 Å². The van der Waals surface area contributed by atoms with Gasteiger partial charge in [0.25, 0.3) is 0 Å². The monoisotopic (exact) mass is 246 g/mol. The van der Waals surface area contributed by atoms with Gasteiger partial charge in [-0.1, -0.05) is 17.9 Å². The highest BCUT2D eigenvalue weighted by molar-refractivity contribution is 5.93. The van der Waals surface area contributed by atoms with Crippen LogP contribution in [-0.2, 0) is 4.79 Å². The van der Waals surface area contributed by atoms with Crippen molar-refractivity contribution in [2.45, 2.75) is 6.92 Å². The van der Waals surface area contributed by atoms with Crippen LogP contribution in [0.3, 0.4) is 0 Å². The van der Waals surface area contributed by atoms with Crippen molar-refractivity contribution in [1.29, 1.82) is 0 Å². The molecule has 2 N–H and O–H groups in total. The summed E-state index contributed by atoms with van der Waals surface area (Å²) in [6.45, 7) is 2.08. The molecule has 0 saturated heterocycles. The van der Waals surface area contributed by atoms with Gasteiger partial charge in [-0.05, 0) is 38.7 Å². The van der Waals surface area contributed by atoms with Gasteiger partial charge < -0.3 is 15.3 Å². The van der Waals surface area contributed by atoms with Crippen molar-refractivity contribution >= 4 is 11.6 Å². The Balaban J connectivity index is 2.90. The highest BCUT2D eigenvalue weighted by Crippen LogP contribution is 2.16. The molecule has 0 fully saturated rings. The molecule has 0 spiro atoms. The van der Waals surface area contributed by atoms with Crippen LogP contribution < -0.4 is 5.32 Å². The molecule has 1 aromatic carbocycles. The van der Waals surface area contributed by atoms with E-state index in [-0.39, 0.29) is 12.5 Å². The smallest absolute Gasteiger partial charge is 0.238 e. The number of likely N-dealkylation sites (N-methyl/N-ethyl adjacent to an activating group) is 1. The SMILES string of the molecule is Cc1ccc(NC(=O)CN(C)C)c(C#CCO)c1. The average Bonchev–Trinajstić information content (AvgIpc) is 2.28. The molecule has 0 aliphatic heterocycles. The van der Waals surface area contributed by atoms with E-state index in [9.17, 15) is 4.79 Å². The largest absolute Gasteiger partial charge is 0.384 e. The van der Waals surface area contributed by atoms with Crippen LogP contribution >= 0.6 is 0 Å². The summed E-state index contributed by atoms with van der Waals surface area (Å²) in [6.07, 6.45) is 0. The third-order valence-corrected chi connectivity index (χ3v) is 2.21. The van der Waals surface area contributed by atoms with Crippen molar-refractivity contribution in [1.82, 2.24) is 4.90 Å². The number of aliphatic hydroxyl groups excluding tert-OH is 1. The fraction of sp³-hybridized carbons (Fsp3) is 0.357. The fourth-order valence-electron chi connectivity index (χ4n) is 1.48. The standard InChI is InChI=1S/C14H18N2O2/c1-11-6-7-13(12(9-11)5-4-8-17)15-14(18)10-16(2)3/h6-7,9,17H,8,10H2,1-3H3,(H,15,18). The molecule has 0 bridgehead atoms. The van der Waals surface area contributed by atoms with E-state index in [0.717, 1.165) is 11.1 Å². The molecule has 1 rings (SSSR count). The zero-order valence-corrected chi connectivity index (χ0v) is 10.9. The minimum absolute atomic E-state index is 0.0871. The number of hydrogen-bond donors (Lipinski definition) is 2. The molecule has 0 unspecified atom stereocenters. The van der Waals surface area contributed by atoms with E-state index in [1.54, 1.807) is 4.90 Å². The summed E-state index contributed by atoms with van der Waals surface area (Å²) >= 11 is 0. The number of hydrogen-bond acceptors (Lipinski definition) is 3. The number of amides is 1. The van der Waals surface area contributed by atoms with Gasteiger partial charge in [0.15, 0.2) is 0 Å². The van der Waals surface area contributed by atoms with E-state index >= 15 is 0 Å². The van der Waals surface area contributed by atoms with Crippen molar-refractivity contribution in [3.05, 3.63) is 29.3 Å². The van der Waals surface area contributed by atoms with Gasteiger partial charge in [0.2, 0.25) is 5.91 Å². The van der Waals surface area contributed by atoms with Crippen LogP contribution in [0.4, 0.5) is 5.69 Å². The van der Waals surface area contributed by atoms with Crippen LogP contribution in [0.15, 0.2) is 18.2 Å². The lowest BCUT2D eigenvalue weighted by Crippen LogP contribution is -2.27. The van der Waals surface area contributed by atoms with Crippen LogP contribution in [0.2, 0.25) is 0 Å². The molecular formula is C14H18N2O2. The second kappa shape index (κ2) is 6.80. The molecule has 96 valence electrons. The Hall–Kier alpha value is -1.83. The van der Waals surface area contributed by atoms with E-state index in [1.807, 2.05) is 39.2 Å². The van der Waals surface area contributed by atoms with Gasteiger partial charge in [-0.15, -0.1) is 0 Å². The molecule has 1 aromatic rings. The second-order valence-corrected chi connectivity index (χ2v) is 4.29. The van der Waals surface area contributed by atoms with Crippen LogP contribution in [-0.4, -0.2) is 43.2 Å². The highest BCUT2D eigenvalue weighted by Gasteiger charge is 2.06. The van der Waals surface area contributed by atoms with Crippen molar-refractivity contribution in [3.8, 4) is 11.8 Å². The number of carbonyl (C=O) groups excluding carboxylic acids is 1. The number of aliphatic hydroxyl groups is 1. The summed E-state index contributed by atoms with van der Waals surface area (Å²) in [5.74, 6) is 5.34. The van der Waals surface area contributed by atoms with Gasteiger partial charge >= 0.3 is 0 Å². The predicted octanol–water partition coefficient (Wildman–Crippen LogP) is 0.839. The van der Waals surface area contributed by atoms with E-state index in [0.29, 0.717) is 12.2 Å². The van der Waals surface area contributed by atoms with Gasteiger partial charge in [-0.25, -0.2) is 0 Å². The molecule has 0 aromatic heterocycles. The summed E-state index contributed by atoms with van der Waals surface area (Å²) in [5.41, 5.74) is 2.45. The van der Waals surface area contributed by atoms with Crippen LogP contribution in [0.5, 0.6) is 0 Å². The molecule has 0 atom stereocenters. The minimum atomic E-state index is -0.195. The predicted molar refractivity (Wildman–Crippen MR) is 72.3 cm³/mol. The van der Waals surface area contributed by atoms with Gasteiger partial charge in [0.05, 0.1) is 12.2 Å². The van der Waals surface area contributed by atoms with Gasteiger partial charge in [-0.2, -0.15) is 0 Å². The summed E-state index contributed by atoms with van der Waals surface area (Å²) < 4.78 is 0. The van der Waals surface area contributed by atoms with Crippen molar-refractivity contribution in [3.63, 3.8) is 0 Å². The first-order chi connectivity index (χ1) is 8.52. The third-order valence-electron chi connectivity index (χ3n) is 2.21. The summed E-state index contributed by atoms with van der Waals surface area (Å²) in [7, 11) is 3.67. The maximum Gasteiger partial charge on any atom is 0.238 e. The van der Waals surface area contributed by atoms with Gasteiger partial charge in [-0.3, -0.25) is 4.79 Å². The number of nitrogens with zero attached hydrogens (tertiary/aromatic N) is 1. The fourth-order valence-corrected chi connectivity index (χ4v) is 1.48. The molecular weight excluding hydrogens is 228 g/mol. The molecule has 4 nitrogen and oxygen atoms in total. The maximum atomic E-state index is 11.7. The van der Waals surface area contributed by atoms with E-state index < -0.39 is 0 Å². The van der Waals surface area contributed by atoms with E-state index in [2.05, 4.69) is 17.2 Å². The molecule has 0 heterocycles. The van der Waals surface area contributed by atoms with E-state index in [1.165, 1.54) is 0 Å². The highest BCUT2D eigenvalue weighted by atomic mass is 16.2. The topological polar surface area (TPSA) is 52.6 Å². The quantitative estimate of drug-likeness (QED) is 0.777. The first kappa shape index (κ1) is 14.2. The molecule has 0 radical (unpaired) electrons. The zero-order chi connectivity index (χ0) is 13.5. The Labute approximate surface area is 108 Å². The number of rotatable bonds is 3. The Kier molecular flexibility index (Phi) is 5.37. The lowest BCUT2D eigenvalue weighted by molar-refractivity contribution is -0.116. The molecule has 18 heavy (non-hydrogen) atoms. The summed E-state index contributed by atoms with van der Waals surface area (Å²) in [5, 5.41) is 11.5. The Bertz CT molecular complexity index is 484. The van der Waals surface area contributed by atoms with Crippen molar-refractivity contribution in [2.75, 3.05) is 32.6 Å². The normalized spacial score (nSPS) is 9.83. The van der Waals surface area contributed by atoms with Crippen molar-refractivity contribution < 1.29 is 9.90 Å². The third kappa shape index (κ3) is 4.58. The number of anilines is 1. The molecule has 0 saturated carbocycles. The molecule has 1 amide bonds. The molecule has 0 aliphatic carbocycles. The number of aryl methyl sites for hydroxylation is 1.